The summed E-state index contributed by atoms with van der Waals surface area (Å²) in [5, 5.41) is 33.8. The van der Waals surface area contributed by atoms with E-state index in [4.69, 9.17) is 18.9 Å². The van der Waals surface area contributed by atoms with Gasteiger partial charge in [-0.2, -0.15) is 0 Å². The maximum Gasteiger partial charge on any atom is 0.160 e. The van der Waals surface area contributed by atoms with Crippen LogP contribution >= 0.6 is 0 Å². The van der Waals surface area contributed by atoms with Crippen LogP contribution in [0.15, 0.2) is 0 Å². The molecule has 2 aliphatic heterocycles. The normalized spacial score (nSPS) is 43.2. The summed E-state index contributed by atoms with van der Waals surface area (Å²) < 4.78 is 22.7. The Morgan fingerprint density at radius 3 is 2.36 bits per heavy atom. The summed E-state index contributed by atoms with van der Waals surface area (Å²) in [6.45, 7) is 6.31. The molecule has 2 saturated heterocycles. The quantitative estimate of drug-likeness (QED) is 0.505. The number of nitrogens with one attached hydrogen (secondary N) is 1. The van der Waals surface area contributed by atoms with Gasteiger partial charge in [0.1, 0.15) is 24.4 Å². The van der Waals surface area contributed by atoms with Gasteiger partial charge >= 0.3 is 0 Å². The van der Waals surface area contributed by atoms with Crippen molar-refractivity contribution in [1.29, 1.82) is 0 Å². The van der Waals surface area contributed by atoms with Crippen LogP contribution in [-0.4, -0.2) is 91.6 Å². The molecule has 8 heteroatoms. The molecule has 2 fully saturated rings. The highest BCUT2D eigenvalue weighted by molar-refractivity contribution is 4.97. The van der Waals surface area contributed by atoms with Gasteiger partial charge in [0.05, 0.1) is 31.5 Å². The van der Waals surface area contributed by atoms with Crippen LogP contribution in [0, 0.1) is 5.41 Å². The second-order valence-corrected chi connectivity index (χ2v) is 7.94. The lowest BCUT2D eigenvalue weighted by Crippen LogP contribution is -2.62. The minimum Gasteiger partial charge on any atom is -0.391 e. The molecule has 0 aromatic carbocycles. The summed E-state index contributed by atoms with van der Waals surface area (Å²) in [6, 6.07) is -0.111. The second kappa shape index (κ2) is 8.58. The Kier molecular flexibility index (Phi) is 7.20. The van der Waals surface area contributed by atoms with Gasteiger partial charge < -0.3 is 39.6 Å². The topological polar surface area (TPSA) is 110 Å². The Balaban J connectivity index is 1.96. The fraction of sp³-hybridized carbons (Fsp3) is 1.00. The van der Waals surface area contributed by atoms with Crippen molar-refractivity contribution in [2.45, 2.75) is 76.1 Å². The van der Waals surface area contributed by atoms with Gasteiger partial charge in [0.2, 0.25) is 0 Å². The standard InChI is InChI=1S/C17H33NO7/c1-17(2,3)16-14(21)13(20)15(22-5)11(25-16)8-24-12-6-10(19)9(18-4)7-23-12/h9-16,18-21H,6-8H2,1-5H3/t9-,10+,11?,12-,13+,14?,15-,16+/m0/s1. The van der Waals surface area contributed by atoms with Crippen molar-refractivity contribution in [3.8, 4) is 0 Å². The Morgan fingerprint density at radius 1 is 1.16 bits per heavy atom. The lowest BCUT2D eigenvalue weighted by molar-refractivity contribution is -0.275. The summed E-state index contributed by atoms with van der Waals surface area (Å²) in [4.78, 5) is 0. The van der Waals surface area contributed by atoms with Gasteiger partial charge in [0, 0.05) is 13.5 Å². The minimum atomic E-state index is -1.07. The van der Waals surface area contributed by atoms with Gasteiger partial charge in [-0.05, 0) is 12.5 Å². The van der Waals surface area contributed by atoms with Crippen molar-refractivity contribution in [2.75, 3.05) is 27.4 Å². The summed E-state index contributed by atoms with van der Waals surface area (Å²) in [5.41, 5.74) is -0.352. The van der Waals surface area contributed by atoms with Gasteiger partial charge in [-0.1, -0.05) is 20.8 Å². The number of ether oxygens (including phenoxy) is 4. The Hall–Kier alpha value is -0.320. The largest absolute Gasteiger partial charge is 0.391 e. The molecule has 2 rings (SSSR count). The number of hydrogen-bond donors (Lipinski definition) is 4. The van der Waals surface area contributed by atoms with E-state index in [1.807, 2.05) is 20.8 Å². The van der Waals surface area contributed by atoms with Crippen LogP contribution in [-0.2, 0) is 18.9 Å². The molecule has 0 bridgehead atoms. The van der Waals surface area contributed by atoms with Gasteiger partial charge in [-0.25, -0.2) is 0 Å². The van der Waals surface area contributed by atoms with E-state index in [-0.39, 0.29) is 18.1 Å². The number of aliphatic hydroxyl groups excluding tert-OH is 3. The predicted octanol–water partition coefficient (Wildman–Crippen LogP) is -0.751. The molecular weight excluding hydrogens is 330 g/mol. The summed E-state index contributed by atoms with van der Waals surface area (Å²) >= 11 is 0. The van der Waals surface area contributed by atoms with E-state index in [0.717, 1.165) is 0 Å². The molecule has 2 heterocycles. The highest BCUT2D eigenvalue weighted by Gasteiger charge is 2.49. The third kappa shape index (κ3) is 4.90. The van der Waals surface area contributed by atoms with Crippen molar-refractivity contribution in [2.24, 2.45) is 5.41 Å². The second-order valence-electron chi connectivity index (χ2n) is 7.94. The number of likely N-dealkylation sites (N-methyl/N-ethyl adjacent to an activating group) is 1. The highest BCUT2D eigenvalue weighted by atomic mass is 16.7. The molecular formula is C17H33NO7. The molecule has 0 aliphatic carbocycles. The minimum absolute atomic E-state index is 0.111. The van der Waals surface area contributed by atoms with Crippen LogP contribution in [0.3, 0.4) is 0 Å². The lowest BCUT2D eigenvalue weighted by Gasteiger charge is -2.47. The molecule has 2 unspecified atom stereocenters. The Morgan fingerprint density at radius 2 is 1.84 bits per heavy atom. The molecule has 8 nitrogen and oxygen atoms in total. The Labute approximate surface area is 149 Å². The SMILES string of the molecule is CN[C@H]1CO[C@@H](OCC2O[C@@H](C(C)(C)C)C(O)[C@@H](O)[C@H]2OC)C[C@H]1O. The number of aliphatic hydroxyl groups is 3. The molecule has 0 amide bonds. The van der Waals surface area contributed by atoms with Crippen LogP contribution in [0.5, 0.6) is 0 Å². The zero-order valence-corrected chi connectivity index (χ0v) is 15.7. The van der Waals surface area contributed by atoms with Crippen molar-refractivity contribution in [3.63, 3.8) is 0 Å². The average Bonchev–Trinajstić information content (AvgIpc) is 2.54. The first-order valence-corrected chi connectivity index (χ1v) is 8.82. The van der Waals surface area contributed by atoms with E-state index in [9.17, 15) is 15.3 Å². The fourth-order valence-corrected chi connectivity index (χ4v) is 3.43. The van der Waals surface area contributed by atoms with Crippen molar-refractivity contribution < 1.29 is 34.3 Å². The van der Waals surface area contributed by atoms with E-state index in [2.05, 4.69) is 5.32 Å². The van der Waals surface area contributed by atoms with Crippen LogP contribution in [0.1, 0.15) is 27.2 Å². The zero-order chi connectivity index (χ0) is 18.8. The molecule has 25 heavy (non-hydrogen) atoms. The molecule has 0 spiro atoms. The first kappa shape index (κ1) is 21.0. The van der Waals surface area contributed by atoms with Crippen molar-refractivity contribution >= 4 is 0 Å². The van der Waals surface area contributed by atoms with Crippen molar-refractivity contribution in [1.82, 2.24) is 5.32 Å². The smallest absolute Gasteiger partial charge is 0.160 e. The lowest BCUT2D eigenvalue weighted by atomic mass is 9.80. The molecule has 2 aliphatic rings. The highest BCUT2D eigenvalue weighted by Crippen LogP contribution is 2.34. The average molecular weight is 363 g/mol. The van der Waals surface area contributed by atoms with Crippen LogP contribution in [0.25, 0.3) is 0 Å². The van der Waals surface area contributed by atoms with Gasteiger partial charge in [0.25, 0.3) is 0 Å². The fourth-order valence-electron chi connectivity index (χ4n) is 3.43. The number of rotatable bonds is 5. The molecule has 8 atom stereocenters. The summed E-state index contributed by atoms with van der Waals surface area (Å²) in [5.74, 6) is 0. The van der Waals surface area contributed by atoms with Crippen molar-refractivity contribution in [3.05, 3.63) is 0 Å². The third-order valence-corrected chi connectivity index (χ3v) is 4.99. The van der Waals surface area contributed by atoms with E-state index < -0.39 is 42.9 Å². The monoisotopic (exact) mass is 363 g/mol. The van der Waals surface area contributed by atoms with Gasteiger partial charge in [-0.3, -0.25) is 0 Å². The molecule has 148 valence electrons. The van der Waals surface area contributed by atoms with E-state index in [0.29, 0.717) is 13.0 Å². The predicted molar refractivity (Wildman–Crippen MR) is 90.1 cm³/mol. The number of hydrogen-bond acceptors (Lipinski definition) is 8. The first-order chi connectivity index (χ1) is 11.7. The van der Waals surface area contributed by atoms with Crippen LogP contribution in [0.2, 0.25) is 0 Å². The molecule has 0 aromatic heterocycles. The third-order valence-electron chi connectivity index (χ3n) is 4.99. The van der Waals surface area contributed by atoms with Crippen LogP contribution in [0.4, 0.5) is 0 Å². The molecule has 0 aromatic rings. The number of methoxy groups -OCH3 is 1. The van der Waals surface area contributed by atoms with E-state index >= 15 is 0 Å². The van der Waals surface area contributed by atoms with E-state index in [1.54, 1.807) is 7.05 Å². The van der Waals surface area contributed by atoms with Gasteiger partial charge in [0.15, 0.2) is 6.29 Å². The Bertz CT molecular complexity index is 416. The first-order valence-electron chi connectivity index (χ1n) is 8.82. The molecule has 0 saturated carbocycles. The van der Waals surface area contributed by atoms with E-state index in [1.165, 1.54) is 7.11 Å². The molecule has 4 N–H and O–H groups in total. The van der Waals surface area contributed by atoms with Crippen LogP contribution < -0.4 is 5.32 Å². The van der Waals surface area contributed by atoms with Gasteiger partial charge in [-0.15, -0.1) is 0 Å². The summed E-state index contributed by atoms with van der Waals surface area (Å²) in [6.07, 6.45) is -4.64. The maximum absolute atomic E-state index is 10.4. The maximum atomic E-state index is 10.4. The molecule has 0 radical (unpaired) electrons. The zero-order valence-electron chi connectivity index (χ0n) is 15.7. The summed E-state index contributed by atoms with van der Waals surface area (Å²) in [7, 11) is 3.24.